The molecule has 1 aliphatic heterocycles. The first-order valence-electron chi connectivity index (χ1n) is 8.20. The molecule has 0 aromatic heterocycles. The molecular weight excluding hydrogens is 318 g/mol. The third-order valence-electron chi connectivity index (χ3n) is 4.17. The maximum atomic E-state index is 12.1. The van der Waals surface area contributed by atoms with E-state index in [2.05, 4.69) is 10.6 Å². The average molecular weight is 339 g/mol. The normalized spacial score (nSPS) is 16.8. The highest BCUT2D eigenvalue weighted by Crippen LogP contribution is 2.24. The number of amides is 3. The van der Waals surface area contributed by atoms with Crippen LogP contribution in [0.4, 0.5) is 10.5 Å². The molecule has 3 amide bonds. The number of nitrogens with one attached hydrogen (secondary N) is 2. The number of phenols is 1. The SMILES string of the molecule is Cc1ccc(NC(=O)NC2CC(=O)N(Cc3ccccc3)C2)c(O)c1. The van der Waals surface area contributed by atoms with Gasteiger partial charge in [0.15, 0.2) is 0 Å². The van der Waals surface area contributed by atoms with Crippen molar-refractivity contribution in [2.24, 2.45) is 0 Å². The van der Waals surface area contributed by atoms with E-state index in [-0.39, 0.29) is 24.1 Å². The number of rotatable bonds is 4. The minimum atomic E-state index is -0.432. The number of phenolic OH excluding ortho intramolecular Hbond substituents is 1. The van der Waals surface area contributed by atoms with Crippen LogP contribution in [0.5, 0.6) is 5.75 Å². The minimum absolute atomic E-state index is 0.0170. The maximum Gasteiger partial charge on any atom is 0.319 e. The van der Waals surface area contributed by atoms with Crippen LogP contribution in [0.15, 0.2) is 48.5 Å². The number of hydrogen-bond acceptors (Lipinski definition) is 3. The van der Waals surface area contributed by atoms with Gasteiger partial charge in [0, 0.05) is 19.5 Å². The first-order chi connectivity index (χ1) is 12.0. The van der Waals surface area contributed by atoms with Crippen molar-refractivity contribution in [3.05, 3.63) is 59.7 Å². The van der Waals surface area contributed by atoms with Crippen LogP contribution >= 0.6 is 0 Å². The third kappa shape index (κ3) is 4.29. The molecule has 6 heteroatoms. The number of aromatic hydroxyl groups is 1. The minimum Gasteiger partial charge on any atom is -0.506 e. The third-order valence-corrected chi connectivity index (χ3v) is 4.17. The molecule has 0 radical (unpaired) electrons. The zero-order valence-corrected chi connectivity index (χ0v) is 14.0. The number of carbonyl (C=O) groups is 2. The molecule has 1 saturated heterocycles. The topological polar surface area (TPSA) is 81.7 Å². The Morgan fingerprint density at radius 2 is 2.00 bits per heavy atom. The van der Waals surface area contributed by atoms with E-state index in [0.29, 0.717) is 18.8 Å². The lowest BCUT2D eigenvalue weighted by Gasteiger charge is -2.17. The molecular formula is C19H21N3O3. The fraction of sp³-hybridized carbons (Fsp3) is 0.263. The van der Waals surface area contributed by atoms with Gasteiger partial charge in [0.05, 0.1) is 11.7 Å². The Kier molecular flexibility index (Phi) is 4.88. The lowest BCUT2D eigenvalue weighted by atomic mass is 10.2. The highest BCUT2D eigenvalue weighted by atomic mass is 16.3. The monoisotopic (exact) mass is 339 g/mol. The summed E-state index contributed by atoms with van der Waals surface area (Å²) in [7, 11) is 0. The highest BCUT2D eigenvalue weighted by Gasteiger charge is 2.30. The summed E-state index contributed by atoms with van der Waals surface area (Å²) in [5.41, 5.74) is 2.31. The molecule has 130 valence electrons. The number of nitrogens with zero attached hydrogens (tertiary/aromatic N) is 1. The summed E-state index contributed by atoms with van der Waals surface area (Å²) >= 11 is 0. The number of benzene rings is 2. The van der Waals surface area contributed by atoms with Crippen molar-refractivity contribution in [3.63, 3.8) is 0 Å². The first kappa shape index (κ1) is 16.8. The number of carbonyl (C=O) groups excluding carboxylic acids is 2. The Bertz CT molecular complexity index is 777. The number of anilines is 1. The first-order valence-corrected chi connectivity index (χ1v) is 8.20. The molecule has 6 nitrogen and oxygen atoms in total. The Morgan fingerprint density at radius 1 is 1.24 bits per heavy atom. The Morgan fingerprint density at radius 3 is 2.72 bits per heavy atom. The fourth-order valence-electron chi connectivity index (χ4n) is 2.92. The van der Waals surface area contributed by atoms with E-state index in [1.54, 1.807) is 23.1 Å². The summed E-state index contributed by atoms with van der Waals surface area (Å²) in [4.78, 5) is 26.0. The van der Waals surface area contributed by atoms with Gasteiger partial charge >= 0.3 is 6.03 Å². The van der Waals surface area contributed by atoms with E-state index in [1.807, 2.05) is 37.3 Å². The molecule has 0 bridgehead atoms. The summed E-state index contributed by atoms with van der Waals surface area (Å²) < 4.78 is 0. The molecule has 2 aromatic rings. The smallest absolute Gasteiger partial charge is 0.319 e. The van der Waals surface area contributed by atoms with E-state index < -0.39 is 6.03 Å². The number of hydrogen-bond donors (Lipinski definition) is 3. The number of aryl methyl sites for hydroxylation is 1. The average Bonchev–Trinajstić information content (AvgIpc) is 2.90. The summed E-state index contributed by atoms with van der Waals surface area (Å²) in [5, 5.41) is 15.2. The molecule has 0 spiro atoms. The van der Waals surface area contributed by atoms with Crippen molar-refractivity contribution in [2.75, 3.05) is 11.9 Å². The highest BCUT2D eigenvalue weighted by molar-refractivity contribution is 5.92. The van der Waals surface area contributed by atoms with Crippen LogP contribution in [0.25, 0.3) is 0 Å². The predicted octanol–water partition coefficient (Wildman–Crippen LogP) is 2.62. The van der Waals surface area contributed by atoms with Gasteiger partial charge in [0.25, 0.3) is 0 Å². The second kappa shape index (κ2) is 7.25. The van der Waals surface area contributed by atoms with Gasteiger partial charge in [0.1, 0.15) is 5.75 Å². The molecule has 1 unspecified atom stereocenters. The molecule has 2 aromatic carbocycles. The van der Waals surface area contributed by atoms with Crippen LogP contribution in [0.3, 0.4) is 0 Å². The Hall–Kier alpha value is -3.02. The molecule has 25 heavy (non-hydrogen) atoms. The molecule has 1 atom stereocenters. The van der Waals surface area contributed by atoms with Crippen LogP contribution < -0.4 is 10.6 Å². The molecule has 1 aliphatic rings. The van der Waals surface area contributed by atoms with Crippen molar-refractivity contribution >= 4 is 17.6 Å². The molecule has 3 N–H and O–H groups in total. The van der Waals surface area contributed by atoms with Crippen molar-refractivity contribution in [3.8, 4) is 5.75 Å². The fourth-order valence-corrected chi connectivity index (χ4v) is 2.92. The van der Waals surface area contributed by atoms with Gasteiger partial charge in [-0.3, -0.25) is 4.79 Å². The van der Waals surface area contributed by atoms with Gasteiger partial charge in [-0.25, -0.2) is 4.79 Å². The Balaban J connectivity index is 1.55. The van der Waals surface area contributed by atoms with Crippen LogP contribution in [0.2, 0.25) is 0 Å². The molecule has 0 saturated carbocycles. The van der Waals surface area contributed by atoms with E-state index in [0.717, 1.165) is 11.1 Å². The van der Waals surface area contributed by atoms with Gasteiger partial charge in [-0.15, -0.1) is 0 Å². The molecule has 1 heterocycles. The summed E-state index contributed by atoms with van der Waals surface area (Å²) in [6.07, 6.45) is 0.278. The maximum absolute atomic E-state index is 12.1. The second-order valence-corrected chi connectivity index (χ2v) is 6.28. The zero-order chi connectivity index (χ0) is 17.8. The van der Waals surface area contributed by atoms with Crippen molar-refractivity contribution in [1.29, 1.82) is 0 Å². The largest absolute Gasteiger partial charge is 0.506 e. The molecule has 1 fully saturated rings. The predicted molar refractivity (Wildman–Crippen MR) is 95.3 cm³/mol. The summed E-state index contributed by atoms with van der Waals surface area (Å²) in [6, 6.07) is 14.1. The van der Waals surface area contributed by atoms with E-state index >= 15 is 0 Å². The van der Waals surface area contributed by atoms with Gasteiger partial charge in [0.2, 0.25) is 5.91 Å². The van der Waals surface area contributed by atoms with Gasteiger partial charge < -0.3 is 20.6 Å². The van der Waals surface area contributed by atoms with E-state index in [1.165, 1.54) is 0 Å². The quantitative estimate of drug-likeness (QED) is 0.749. The van der Waals surface area contributed by atoms with Gasteiger partial charge in [-0.1, -0.05) is 36.4 Å². The van der Waals surface area contributed by atoms with Gasteiger partial charge in [-0.05, 0) is 30.2 Å². The Labute approximate surface area is 146 Å². The van der Waals surface area contributed by atoms with E-state index in [4.69, 9.17) is 0 Å². The van der Waals surface area contributed by atoms with Crippen LogP contribution in [-0.2, 0) is 11.3 Å². The molecule has 0 aliphatic carbocycles. The lowest BCUT2D eigenvalue weighted by molar-refractivity contribution is -0.128. The van der Waals surface area contributed by atoms with Crippen molar-refractivity contribution in [2.45, 2.75) is 25.9 Å². The van der Waals surface area contributed by atoms with Crippen LogP contribution in [0.1, 0.15) is 17.5 Å². The number of urea groups is 1. The second-order valence-electron chi connectivity index (χ2n) is 6.28. The van der Waals surface area contributed by atoms with Crippen molar-refractivity contribution in [1.82, 2.24) is 10.2 Å². The standard InChI is InChI=1S/C19H21N3O3/c1-13-7-8-16(17(23)9-13)21-19(25)20-15-10-18(24)22(12-15)11-14-5-3-2-4-6-14/h2-9,15,23H,10-12H2,1H3,(H2,20,21,25). The van der Waals surface area contributed by atoms with Crippen molar-refractivity contribution < 1.29 is 14.7 Å². The molecule has 3 rings (SSSR count). The van der Waals surface area contributed by atoms with Gasteiger partial charge in [-0.2, -0.15) is 0 Å². The number of likely N-dealkylation sites (tertiary alicyclic amines) is 1. The summed E-state index contributed by atoms with van der Waals surface area (Å²) in [5.74, 6) is 0.0377. The lowest BCUT2D eigenvalue weighted by Crippen LogP contribution is -2.39. The summed E-state index contributed by atoms with van der Waals surface area (Å²) in [6.45, 7) is 2.87. The van der Waals surface area contributed by atoms with Crippen LogP contribution in [-0.4, -0.2) is 34.5 Å². The van der Waals surface area contributed by atoms with Crippen LogP contribution in [0, 0.1) is 6.92 Å². The zero-order valence-electron chi connectivity index (χ0n) is 14.0. The van der Waals surface area contributed by atoms with E-state index in [9.17, 15) is 14.7 Å².